The molecule has 2 atom stereocenters. The number of hydrogen-bond acceptors (Lipinski definition) is 3. The SMILES string of the molecule is OCCN(Cc1ccccc1)[C@@H]1CCC[C@H]1N(Cc1ccccc1)Cc1ccccc1. The minimum absolute atomic E-state index is 0.202. The molecule has 1 N–H and O–H groups in total. The summed E-state index contributed by atoms with van der Waals surface area (Å²) in [4.78, 5) is 5.17. The Morgan fingerprint density at radius 2 is 0.968 bits per heavy atom. The van der Waals surface area contributed by atoms with Crippen LogP contribution in [0.3, 0.4) is 0 Å². The highest BCUT2D eigenvalue weighted by Gasteiger charge is 2.35. The minimum Gasteiger partial charge on any atom is -0.395 e. The summed E-state index contributed by atoms with van der Waals surface area (Å²) >= 11 is 0. The van der Waals surface area contributed by atoms with Gasteiger partial charge in [-0.3, -0.25) is 9.80 Å². The first-order valence-electron chi connectivity index (χ1n) is 11.5. The van der Waals surface area contributed by atoms with Crippen LogP contribution < -0.4 is 0 Å². The van der Waals surface area contributed by atoms with Crippen LogP contribution in [0.1, 0.15) is 36.0 Å². The molecule has 1 aliphatic carbocycles. The Labute approximate surface area is 187 Å². The van der Waals surface area contributed by atoms with Crippen LogP contribution in [0.4, 0.5) is 0 Å². The molecule has 3 nitrogen and oxygen atoms in total. The van der Waals surface area contributed by atoms with Crippen molar-refractivity contribution >= 4 is 0 Å². The van der Waals surface area contributed by atoms with Crippen molar-refractivity contribution in [2.45, 2.75) is 51.0 Å². The maximum Gasteiger partial charge on any atom is 0.0558 e. The van der Waals surface area contributed by atoms with Crippen LogP contribution in [-0.2, 0) is 19.6 Å². The molecule has 1 fully saturated rings. The third-order valence-electron chi connectivity index (χ3n) is 6.45. The lowest BCUT2D eigenvalue weighted by Gasteiger charge is -2.39. The van der Waals surface area contributed by atoms with Gasteiger partial charge in [0, 0.05) is 38.3 Å². The molecule has 0 aromatic heterocycles. The van der Waals surface area contributed by atoms with E-state index in [0.717, 1.165) is 26.2 Å². The van der Waals surface area contributed by atoms with Crippen molar-refractivity contribution in [2.75, 3.05) is 13.2 Å². The Morgan fingerprint density at radius 3 is 1.39 bits per heavy atom. The average molecular weight is 415 g/mol. The molecule has 162 valence electrons. The van der Waals surface area contributed by atoms with Crippen molar-refractivity contribution < 1.29 is 5.11 Å². The molecule has 0 heterocycles. The summed E-state index contributed by atoms with van der Waals surface area (Å²) in [5.41, 5.74) is 4.04. The lowest BCUT2D eigenvalue weighted by Crippen LogP contribution is -2.49. The van der Waals surface area contributed by atoms with E-state index < -0.39 is 0 Å². The van der Waals surface area contributed by atoms with E-state index in [9.17, 15) is 5.11 Å². The van der Waals surface area contributed by atoms with E-state index in [4.69, 9.17) is 0 Å². The summed E-state index contributed by atoms with van der Waals surface area (Å²) < 4.78 is 0. The topological polar surface area (TPSA) is 26.7 Å². The third-order valence-corrected chi connectivity index (χ3v) is 6.45. The van der Waals surface area contributed by atoms with Crippen LogP contribution in [0.25, 0.3) is 0 Å². The second kappa shape index (κ2) is 11.2. The van der Waals surface area contributed by atoms with Crippen molar-refractivity contribution in [3.8, 4) is 0 Å². The van der Waals surface area contributed by atoms with Crippen molar-refractivity contribution in [1.82, 2.24) is 9.80 Å². The molecule has 1 saturated carbocycles. The smallest absolute Gasteiger partial charge is 0.0558 e. The molecule has 0 unspecified atom stereocenters. The summed E-state index contributed by atoms with van der Waals surface area (Å²) in [6.07, 6.45) is 3.64. The molecule has 0 saturated heterocycles. The summed E-state index contributed by atoms with van der Waals surface area (Å²) in [5.74, 6) is 0. The maximum absolute atomic E-state index is 9.82. The van der Waals surface area contributed by atoms with Crippen molar-refractivity contribution in [2.24, 2.45) is 0 Å². The Balaban J connectivity index is 1.57. The summed E-state index contributed by atoms with van der Waals surface area (Å²) in [5, 5.41) is 9.82. The number of benzene rings is 3. The molecule has 3 heteroatoms. The van der Waals surface area contributed by atoms with Gasteiger partial charge in [0.2, 0.25) is 0 Å². The second-order valence-electron chi connectivity index (χ2n) is 8.62. The first kappa shape index (κ1) is 21.8. The van der Waals surface area contributed by atoms with Gasteiger partial charge in [-0.25, -0.2) is 0 Å². The van der Waals surface area contributed by atoms with Crippen LogP contribution in [-0.4, -0.2) is 40.1 Å². The maximum atomic E-state index is 9.82. The van der Waals surface area contributed by atoms with E-state index in [1.54, 1.807) is 0 Å². The Bertz CT molecular complexity index is 843. The van der Waals surface area contributed by atoms with Gasteiger partial charge in [0.05, 0.1) is 6.61 Å². The van der Waals surface area contributed by atoms with E-state index in [1.807, 2.05) is 0 Å². The molecule has 0 amide bonds. The predicted molar refractivity (Wildman–Crippen MR) is 127 cm³/mol. The molecule has 0 radical (unpaired) electrons. The van der Waals surface area contributed by atoms with Crippen molar-refractivity contribution in [3.63, 3.8) is 0 Å². The van der Waals surface area contributed by atoms with E-state index >= 15 is 0 Å². The molecule has 0 spiro atoms. The quantitative estimate of drug-likeness (QED) is 0.500. The normalized spacial score (nSPS) is 18.7. The van der Waals surface area contributed by atoms with Crippen molar-refractivity contribution in [3.05, 3.63) is 108 Å². The van der Waals surface area contributed by atoms with E-state index in [-0.39, 0.29) is 6.61 Å². The van der Waals surface area contributed by atoms with Crippen LogP contribution in [0, 0.1) is 0 Å². The molecule has 3 aromatic carbocycles. The monoisotopic (exact) mass is 414 g/mol. The average Bonchev–Trinajstić information content (AvgIpc) is 3.30. The number of aliphatic hydroxyl groups is 1. The van der Waals surface area contributed by atoms with Gasteiger partial charge >= 0.3 is 0 Å². The fraction of sp³-hybridized carbons (Fsp3) is 0.357. The largest absolute Gasteiger partial charge is 0.395 e. The van der Waals surface area contributed by atoms with Gasteiger partial charge in [0.15, 0.2) is 0 Å². The van der Waals surface area contributed by atoms with E-state index in [0.29, 0.717) is 12.1 Å². The zero-order valence-electron chi connectivity index (χ0n) is 18.3. The highest BCUT2D eigenvalue weighted by molar-refractivity contribution is 5.18. The number of aliphatic hydroxyl groups excluding tert-OH is 1. The zero-order valence-corrected chi connectivity index (χ0v) is 18.3. The zero-order chi connectivity index (χ0) is 21.3. The number of rotatable bonds is 10. The fourth-order valence-corrected chi connectivity index (χ4v) is 5.01. The molecule has 0 bridgehead atoms. The molecule has 3 aromatic rings. The molecule has 1 aliphatic rings. The summed E-state index contributed by atoms with van der Waals surface area (Å²) in [6.45, 7) is 3.73. The summed E-state index contributed by atoms with van der Waals surface area (Å²) in [6, 6.07) is 33.3. The first-order valence-corrected chi connectivity index (χ1v) is 11.5. The Hall–Kier alpha value is -2.46. The lowest BCUT2D eigenvalue weighted by atomic mass is 10.0. The molecular formula is C28H34N2O. The van der Waals surface area contributed by atoms with Crippen LogP contribution in [0.2, 0.25) is 0 Å². The predicted octanol–water partition coefficient (Wildman–Crippen LogP) is 5.10. The van der Waals surface area contributed by atoms with Gasteiger partial charge in [0.1, 0.15) is 0 Å². The Morgan fingerprint density at radius 1 is 0.581 bits per heavy atom. The highest BCUT2D eigenvalue weighted by Crippen LogP contribution is 2.31. The molecule has 31 heavy (non-hydrogen) atoms. The molecule has 0 aliphatic heterocycles. The fourth-order valence-electron chi connectivity index (χ4n) is 5.01. The molecular weight excluding hydrogens is 380 g/mol. The minimum atomic E-state index is 0.202. The van der Waals surface area contributed by atoms with Crippen LogP contribution in [0.5, 0.6) is 0 Å². The third kappa shape index (κ3) is 6.04. The number of hydrogen-bond donors (Lipinski definition) is 1. The van der Waals surface area contributed by atoms with Gasteiger partial charge in [-0.2, -0.15) is 0 Å². The van der Waals surface area contributed by atoms with Crippen LogP contribution in [0.15, 0.2) is 91.0 Å². The van der Waals surface area contributed by atoms with E-state index in [1.165, 1.54) is 36.0 Å². The standard InChI is InChI=1S/C28H34N2O/c31-20-19-29(21-24-11-4-1-5-12-24)27-17-10-18-28(27)30(22-25-13-6-2-7-14-25)23-26-15-8-3-9-16-26/h1-9,11-16,27-28,31H,10,17-23H2/t27-,28-/m1/s1. The van der Waals surface area contributed by atoms with Gasteiger partial charge in [0.25, 0.3) is 0 Å². The highest BCUT2D eigenvalue weighted by atomic mass is 16.3. The lowest BCUT2D eigenvalue weighted by molar-refractivity contribution is 0.0679. The van der Waals surface area contributed by atoms with E-state index in [2.05, 4.69) is 101 Å². The van der Waals surface area contributed by atoms with Crippen molar-refractivity contribution in [1.29, 1.82) is 0 Å². The molecule has 4 rings (SSSR count). The van der Waals surface area contributed by atoms with Gasteiger partial charge in [-0.1, -0.05) is 97.4 Å². The number of nitrogens with zero attached hydrogens (tertiary/aromatic N) is 2. The Kier molecular flexibility index (Phi) is 7.89. The van der Waals surface area contributed by atoms with Gasteiger partial charge < -0.3 is 5.11 Å². The first-order chi connectivity index (χ1) is 15.3. The van der Waals surface area contributed by atoms with Crippen LogP contribution >= 0.6 is 0 Å². The second-order valence-corrected chi connectivity index (χ2v) is 8.62. The summed E-state index contributed by atoms with van der Waals surface area (Å²) in [7, 11) is 0. The van der Waals surface area contributed by atoms with Gasteiger partial charge in [-0.05, 0) is 29.5 Å². The van der Waals surface area contributed by atoms with Gasteiger partial charge in [-0.15, -0.1) is 0 Å².